The molecule has 4 N–H and O–H groups in total. The van der Waals surface area contributed by atoms with Gasteiger partial charge < -0.3 is 25.8 Å². The van der Waals surface area contributed by atoms with Crippen LogP contribution < -0.4 is 11.1 Å². The molecule has 114 valence electrons. The van der Waals surface area contributed by atoms with Gasteiger partial charge in [0.15, 0.2) is 0 Å². The molecule has 0 saturated carbocycles. The lowest BCUT2D eigenvalue weighted by atomic mass is 10.1. The van der Waals surface area contributed by atoms with Crippen LogP contribution in [0.5, 0.6) is 0 Å². The number of hydrogen-bond acceptors (Lipinski definition) is 4. The van der Waals surface area contributed by atoms with Crippen molar-refractivity contribution in [3.05, 3.63) is 0 Å². The van der Waals surface area contributed by atoms with Gasteiger partial charge in [0.05, 0.1) is 12.5 Å². The van der Waals surface area contributed by atoms with Crippen LogP contribution in [0.4, 0.5) is 4.79 Å². The van der Waals surface area contributed by atoms with E-state index in [1.807, 2.05) is 6.92 Å². The summed E-state index contributed by atoms with van der Waals surface area (Å²) in [7, 11) is 0. The van der Waals surface area contributed by atoms with Crippen molar-refractivity contribution in [3.63, 3.8) is 0 Å². The number of piperidine rings is 1. The Hall–Kier alpha value is -1.83. The SMILES string of the molecule is CCOC1CCN(C(=O)N[C@@H](CC(N)=O)C(=O)O)CC1. The molecule has 0 aromatic carbocycles. The van der Waals surface area contributed by atoms with E-state index in [2.05, 4.69) is 5.32 Å². The first-order valence-electron chi connectivity index (χ1n) is 6.62. The Kier molecular flexibility index (Phi) is 6.23. The molecule has 0 aliphatic carbocycles. The molecular weight excluding hydrogens is 266 g/mol. The minimum Gasteiger partial charge on any atom is -0.480 e. The number of carbonyl (C=O) groups excluding carboxylic acids is 2. The molecule has 1 aliphatic rings. The summed E-state index contributed by atoms with van der Waals surface area (Å²) in [6.45, 7) is 3.55. The van der Waals surface area contributed by atoms with E-state index in [4.69, 9.17) is 15.6 Å². The number of rotatable bonds is 6. The lowest BCUT2D eigenvalue weighted by molar-refractivity contribution is -0.141. The normalized spacial score (nSPS) is 17.6. The summed E-state index contributed by atoms with van der Waals surface area (Å²) in [5.74, 6) is -2.05. The van der Waals surface area contributed by atoms with Crippen molar-refractivity contribution in [2.75, 3.05) is 19.7 Å². The molecule has 3 amide bonds. The van der Waals surface area contributed by atoms with Crippen LogP contribution in [0.3, 0.4) is 0 Å². The van der Waals surface area contributed by atoms with Crippen molar-refractivity contribution in [2.45, 2.75) is 38.3 Å². The summed E-state index contributed by atoms with van der Waals surface area (Å²) in [6.07, 6.45) is 1.16. The molecule has 0 aromatic heterocycles. The van der Waals surface area contributed by atoms with Crippen LogP contribution in [0.2, 0.25) is 0 Å². The van der Waals surface area contributed by atoms with Crippen LogP contribution in [0.1, 0.15) is 26.2 Å². The highest BCUT2D eigenvalue weighted by atomic mass is 16.5. The molecule has 0 aromatic rings. The second kappa shape index (κ2) is 7.68. The predicted molar refractivity (Wildman–Crippen MR) is 70.0 cm³/mol. The molecule has 1 heterocycles. The summed E-state index contributed by atoms with van der Waals surface area (Å²) in [5, 5.41) is 11.2. The minimum atomic E-state index is -1.29. The summed E-state index contributed by atoms with van der Waals surface area (Å²) in [4.78, 5) is 35.1. The van der Waals surface area contributed by atoms with Gasteiger partial charge in [0, 0.05) is 19.7 Å². The van der Waals surface area contributed by atoms with Gasteiger partial charge in [-0.2, -0.15) is 0 Å². The van der Waals surface area contributed by atoms with E-state index >= 15 is 0 Å². The standard InChI is InChI=1S/C12H21N3O5/c1-2-20-8-3-5-15(6-4-8)12(19)14-9(11(17)18)7-10(13)16/h8-9H,2-7H2,1H3,(H2,13,16)(H,14,19)(H,17,18)/t9-/m0/s1. The number of ether oxygens (including phenoxy) is 1. The van der Waals surface area contributed by atoms with Crippen LogP contribution in [0.25, 0.3) is 0 Å². The minimum absolute atomic E-state index is 0.143. The fraction of sp³-hybridized carbons (Fsp3) is 0.750. The number of carboxylic acids is 1. The zero-order valence-electron chi connectivity index (χ0n) is 11.5. The van der Waals surface area contributed by atoms with Crippen LogP contribution in [0.15, 0.2) is 0 Å². The molecule has 0 unspecified atom stereocenters. The van der Waals surface area contributed by atoms with Gasteiger partial charge in [0.1, 0.15) is 6.04 Å². The van der Waals surface area contributed by atoms with Crippen LogP contribution in [-0.4, -0.2) is 59.8 Å². The Bertz CT molecular complexity index is 366. The van der Waals surface area contributed by atoms with Crippen molar-refractivity contribution in [1.82, 2.24) is 10.2 Å². The number of nitrogens with two attached hydrogens (primary N) is 1. The van der Waals surface area contributed by atoms with Gasteiger partial charge in [0.25, 0.3) is 0 Å². The van der Waals surface area contributed by atoms with E-state index in [1.165, 1.54) is 4.90 Å². The van der Waals surface area contributed by atoms with Crippen LogP contribution in [0, 0.1) is 0 Å². The highest BCUT2D eigenvalue weighted by Gasteiger charge is 2.27. The van der Waals surface area contributed by atoms with Crippen molar-refractivity contribution >= 4 is 17.9 Å². The summed E-state index contributed by atoms with van der Waals surface area (Å²) in [6, 6.07) is -1.78. The average molecular weight is 287 g/mol. The monoisotopic (exact) mass is 287 g/mol. The lowest BCUT2D eigenvalue weighted by Gasteiger charge is -2.32. The van der Waals surface area contributed by atoms with E-state index in [9.17, 15) is 14.4 Å². The number of likely N-dealkylation sites (tertiary alicyclic amines) is 1. The molecule has 1 saturated heterocycles. The average Bonchev–Trinajstić information content (AvgIpc) is 2.38. The number of urea groups is 1. The topological polar surface area (TPSA) is 122 Å². The first-order chi connectivity index (χ1) is 9.43. The molecule has 1 rings (SSSR count). The highest BCUT2D eigenvalue weighted by Crippen LogP contribution is 2.13. The van der Waals surface area contributed by atoms with Gasteiger partial charge in [-0.1, -0.05) is 0 Å². The fourth-order valence-electron chi connectivity index (χ4n) is 2.10. The molecule has 1 fully saturated rings. The number of nitrogens with zero attached hydrogens (tertiary/aromatic N) is 1. The van der Waals surface area contributed by atoms with Gasteiger partial charge >= 0.3 is 12.0 Å². The molecular formula is C12H21N3O5. The Morgan fingerprint density at radius 3 is 2.45 bits per heavy atom. The van der Waals surface area contributed by atoms with E-state index in [1.54, 1.807) is 0 Å². The molecule has 20 heavy (non-hydrogen) atoms. The van der Waals surface area contributed by atoms with Gasteiger partial charge in [-0.3, -0.25) is 4.79 Å². The number of amides is 3. The number of hydrogen-bond donors (Lipinski definition) is 3. The molecule has 1 atom stereocenters. The Morgan fingerprint density at radius 2 is 2.00 bits per heavy atom. The van der Waals surface area contributed by atoms with Gasteiger partial charge in [0.2, 0.25) is 5.91 Å². The third kappa shape index (κ3) is 5.04. The van der Waals surface area contributed by atoms with Crippen LogP contribution >= 0.6 is 0 Å². The first kappa shape index (κ1) is 16.2. The van der Waals surface area contributed by atoms with Crippen molar-refractivity contribution < 1.29 is 24.2 Å². The smallest absolute Gasteiger partial charge is 0.326 e. The maximum Gasteiger partial charge on any atom is 0.326 e. The Labute approximate surface area is 117 Å². The number of nitrogens with one attached hydrogen (secondary N) is 1. The zero-order chi connectivity index (χ0) is 15.1. The number of aliphatic carboxylic acids is 1. The Morgan fingerprint density at radius 1 is 1.40 bits per heavy atom. The quantitative estimate of drug-likeness (QED) is 0.609. The molecule has 0 radical (unpaired) electrons. The second-order valence-corrected chi connectivity index (χ2v) is 4.65. The molecule has 8 nitrogen and oxygen atoms in total. The number of carboxylic acid groups (broad SMARTS) is 1. The molecule has 1 aliphatic heterocycles. The third-order valence-corrected chi connectivity index (χ3v) is 3.13. The fourth-order valence-corrected chi connectivity index (χ4v) is 2.10. The van der Waals surface area contributed by atoms with E-state index < -0.39 is 30.4 Å². The summed E-state index contributed by atoms with van der Waals surface area (Å²) in [5.41, 5.74) is 4.95. The van der Waals surface area contributed by atoms with Gasteiger partial charge in [-0.15, -0.1) is 0 Å². The molecule has 8 heteroatoms. The van der Waals surface area contributed by atoms with Crippen molar-refractivity contribution in [2.24, 2.45) is 5.73 Å². The predicted octanol–water partition coefficient (Wildman–Crippen LogP) is -0.474. The van der Waals surface area contributed by atoms with Gasteiger partial charge in [-0.25, -0.2) is 9.59 Å². The van der Waals surface area contributed by atoms with E-state index in [0.717, 1.165) is 12.8 Å². The van der Waals surface area contributed by atoms with Crippen LogP contribution in [-0.2, 0) is 14.3 Å². The third-order valence-electron chi connectivity index (χ3n) is 3.13. The largest absolute Gasteiger partial charge is 0.480 e. The Balaban J connectivity index is 2.45. The lowest BCUT2D eigenvalue weighted by Crippen LogP contribution is -2.51. The molecule has 0 bridgehead atoms. The maximum atomic E-state index is 11.9. The second-order valence-electron chi connectivity index (χ2n) is 4.65. The first-order valence-corrected chi connectivity index (χ1v) is 6.62. The maximum absolute atomic E-state index is 11.9. The molecule has 0 spiro atoms. The van der Waals surface area contributed by atoms with Crippen molar-refractivity contribution in [1.29, 1.82) is 0 Å². The van der Waals surface area contributed by atoms with Crippen molar-refractivity contribution in [3.8, 4) is 0 Å². The summed E-state index contributed by atoms with van der Waals surface area (Å²) >= 11 is 0. The summed E-state index contributed by atoms with van der Waals surface area (Å²) < 4.78 is 5.47. The zero-order valence-corrected chi connectivity index (χ0v) is 11.5. The van der Waals surface area contributed by atoms with E-state index in [-0.39, 0.29) is 6.10 Å². The number of carbonyl (C=O) groups is 3. The number of primary amides is 1. The van der Waals surface area contributed by atoms with Gasteiger partial charge in [-0.05, 0) is 19.8 Å². The highest BCUT2D eigenvalue weighted by molar-refractivity contribution is 5.87. The van der Waals surface area contributed by atoms with E-state index in [0.29, 0.717) is 19.7 Å².